The number of hydrogen-bond donors (Lipinski definition) is 1. The predicted molar refractivity (Wildman–Crippen MR) is 84.7 cm³/mol. The smallest absolute Gasteiger partial charge is 0.123 e. The highest BCUT2D eigenvalue weighted by atomic mass is 19.1. The summed E-state index contributed by atoms with van der Waals surface area (Å²) < 4.78 is 13.1. The van der Waals surface area contributed by atoms with Gasteiger partial charge in [-0.3, -0.25) is 0 Å². The van der Waals surface area contributed by atoms with Gasteiger partial charge in [0, 0.05) is 12.6 Å². The summed E-state index contributed by atoms with van der Waals surface area (Å²) in [5, 5.41) is 3.80. The number of piperidine rings is 1. The van der Waals surface area contributed by atoms with Crippen molar-refractivity contribution < 1.29 is 4.39 Å². The summed E-state index contributed by atoms with van der Waals surface area (Å²) in [6.07, 6.45) is 5.12. The Hall–Kier alpha value is -0.930. The van der Waals surface area contributed by atoms with Gasteiger partial charge < -0.3 is 10.2 Å². The van der Waals surface area contributed by atoms with Crippen LogP contribution in [0.4, 0.5) is 4.39 Å². The Morgan fingerprint density at radius 2 is 1.86 bits per heavy atom. The third kappa shape index (κ3) is 3.83. The predicted octanol–water partition coefficient (Wildman–Crippen LogP) is 3.60. The molecular formula is C18H27FN2. The van der Waals surface area contributed by atoms with E-state index in [1.54, 1.807) is 12.1 Å². The lowest BCUT2D eigenvalue weighted by molar-refractivity contribution is 0.132. The molecule has 1 aliphatic carbocycles. The number of nitrogens with zero attached hydrogens (tertiary/aromatic N) is 1. The number of halogens is 1. The molecule has 0 bridgehead atoms. The van der Waals surface area contributed by atoms with Gasteiger partial charge in [0.05, 0.1) is 0 Å². The van der Waals surface area contributed by atoms with E-state index in [9.17, 15) is 4.39 Å². The second-order valence-electron chi connectivity index (χ2n) is 7.36. The first-order valence-electron chi connectivity index (χ1n) is 8.23. The largest absolute Gasteiger partial charge is 0.309 e. The average Bonchev–Trinajstić information content (AvgIpc) is 3.29. The maximum atomic E-state index is 13.1. The Morgan fingerprint density at radius 3 is 2.43 bits per heavy atom. The lowest BCUT2D eigenvalue weighted by Crippen LogP contribution is -2.43. The molecule has 1 heterocycles. The molecule has 1 atom stereocenters. The van der Waals surface area contributed by atoms with E-state index >= 15 is 0 Å². The highest BCUT2D eigenvalue weighted by molar-refractivity contribution is 5.22. The summed E-state index contributed by atoms with van der Waals surface area (Å²) in [4.78, 5) is 2.42. The highest BCUT2D eigenvalue weighted by Gasteiger charge is 2.35. The van der Waals surface area contributed by atoms with Crippen molar-refractivity contribution in [2.75, 3.05) is 26.7 Å². The zero-order valence-electron chi connectivity index (χ0n) is 13.2. The molecule has 1 unspecified atom stereocenters. The minimum atomic E-state index is -0.143. The molecular weight excluding hydrogens is 263 g/mol. The summed E-state index contributed by atoms with van der Waals surface area (Å²) in [5.41, 5.74) is 1.65. The maximum Gasteiger partial charge on any atom is 0.123 e. The van der Waals surface area contributed by atoms with Crippen LogP contribution in [0.15, 0.2) is 24.3 Å². The molecule has 0 radical (unpaired) electrons. The van der Waals surface area contributed by atoms with Crippen molar-refractivity contribution in [3.05, 3.63) is 35.6 Å². The second kappa shape index (κ2) is 6.05. The Morgan fingerprint density at radius 1 is 1.24 bits per heavy atom. The molecule has 1 saturated carbocycles. The van der Waals surface area contributed by atoms with E-state index in [-0.39, 0.29) is 5.82 Å². The second-order valence-corrected chi connectivity index (χ2v) is 7.36. The maximum absolute atomic E-state index is 13.1. The molecule has 1 aliphatic heterocycles. The number of benzene rings is 1. The Kier molecular flexibility index (Phi) is 4.32. The number of hydrogen-bond acceptors (Lipinski definition) is 2. The normalized spacial score (nSPS) is 24.0. The molecule has 1 aromatic rings. The van der Waals surface area contributed by atoms with Gasteiger partial charge in [-0.15, -0.1) is 0 Å². The average molecular weight is 290 g/mol. The third-order valence-electron chi connectivity index (χ3n) is 5.27. The topological polar surface area (TPSA) is 15.3 Å². The van der Waals surface area contributed by atoms with E-state index in [0.29, 0.717) is 11.5 Å². The van der Waals surface area contributed by atoms with Crippen molar-refractivity contribution in [2.45, 2.75) is 38.6 Å². The molecule has 3 rings (SSSR count). The van der Waals surface area contributed by atoms with Crippen molar-refractivity contribution in [2.24, 2.45) is 11.3 Å². The molecule has 2 fully saturated rings. The van der Waals surface area contributed by atoms with Gasteiger partial charge in [-0.1, -0.05) is 19.1 Å². The minimum Gasteiger partial charge on any atom is -0.309 e. The van der Waals surface area contributed by atoms with Crippen LogP contribution in [0.25, 0.3) is 0 Å². The highest BCUT2D eigenvalue weighted by Crippen LogP contribution is 2.42. The van der Waals surface area contributed by atoms with Crippen LogP contribution in [0.5, 0.6) is 0 Å². The minimum absolute atomic E-state index is 0.143. The summed E-state index contributed by atoms with van der Waals surface area (Å²) >= 11 is 0. The lowest BCUT2D eigenvalue weighted by atomic mass is 9.80. The SMILES string of the molecule is CN1CCC(C)(CNC(c2ccc(F)cc2)C2CC2)CC1. The Balaban J connectivity index is 1.62. The molecule has 0 amide bonds. The van der Waals surface area contributed by atoms with Crippen molar-refractivity contribution in [3.8, 4) is 0 Å². The number of rotatable bonds is 5. The molecule has 1 N–H and O–H groups in total. The quantitative estimate of drug-likeness (QED) is 0.891. The lowest BCUT2D eigenvalue weighted by Gasteiger charge is -2.39. The molecule has 116 valence electrons. The van der Waals surface area contributed by atoms with E-state index in [4.69, 9.17) is 0 Å². The first kappa shape index (κ1) is 15.0. The number of likely N-dealkylation sites (tertiary alicyclic amines) is 1. The monoisotopic (exact) mass is 290 g/mol. The van der Waals surface area contributed by atoms with E-state index in [2.05, 4.69) is 24.2 Å². The van der Waals surface area contributed by atoms with E-state index in [0.717, 1.165) is 12.5 Å². The van der Waals surface area contributed by atoms with E-state index in [1.165, 1.54) is 44.3 Å². The standard InChI is InChI=1S/C18H27FN2/c1-18(9-11-21(2)12-10-18)13-20-17(14-3-4-14)15-5-7-16(19)8-6-15/h5-8,14,17,20H,3-4,9-13H2,1-2H3. The van der Waals surface area contributed by atoms with Gasteiger partial charge in [0.25, 0.3) is 0 Å². The zero-order valence-corrected chi connectivity index (χ0v) is 13.2. The van der Waals surface area contributed by atoms with Crippen LogP contribution in [-0.4, -0.2) is 31.6 Å². The van der Waals surface area contributed by atoms with E-state index < -0.39 is 0 Å². The van der Waals surface area contributed by atoms with Gasteiger partial charge in [-0.2, -0.15) is 0 Å². The van der Waals surface area contributed by atoms with Gasteiger partial charge in [0.2, 0.25) is 0 Å². The fourth-order valence-corrected chi connectivity index (χ4v) is 3.35. The summed E-state index contributed by atoms with van der Waals surface area (Å²) in [7, 11) is 2.21. The molecule has 1 saturated heterocycles. The third-order valence-corrected chi connectivity index (χ3v) is 5.27. The summed E-state index contributed by atoms with van der Waals surface area (Å²) in [5.74, 6) is 0.598. The molecule has 3 heteroatoms. The molecule has 0 aromatic heterocycles. The van der Waals surface area contributed by atoms with Crippen molar-refractivity contribution in [1.82, 2.24) is 10.2 Å². The first-order valence-corrected chi connectivity index (χ1v) is 8.23. The van der Waals surface area contributed by atoms with Crippen LogP contribution in [0, 0.1) is 17.2 Å². The van der Waals surface area contributed by atoms with Gasteiger partial charge in [-0.25, -0.2) is 4.39 Å². The van der Waals surface area contributed by atoms with Gasteiger partial charge in [-0.05, 0) is 74.8 Å². The molecule has 1 aromatic carbocycles. The van der Waals surface area contributed by atoms with Gasteiger partial charge >= 0.3 is 0 Å². The van der Waals surface area contributed by atoms with Crippen LogP contribution < -0.4 is 5.32 Å². The zero-order chi connectivity index (χ0) is 14.9. The van der Waals surface area contributed by atoms with E-state index in [1.807, 2.05) is 12.1 Å². The van der Waals surface area contributed by atoms with Crippen LogP contribution in [0.3, 0.4) is 0 Å². The molecule has 0 spiro atoms. The van der Waals surface area contributed by atoms with Crippen molar-refractivity contribution in [1.29, 1.82) is 0 Å². The van der Waals surface area contributed by atoms with Crippen LogP contribution in [0.1, 0.15) is 44.2 Å². The van der Waals surface area contributed by atoms with Crippen LogP contribution in [-0.2, 0) is 0 Å². The fourth-order valence-electron chi connectivity index (χ4n) is 3.35. The Bertz CT molecular complexity index is 459. The summed E-state index contributed by atoms with van der Waals surface area (Å²) in [6, 6.07) is 7.47. The molecule has 2 aliphatic rings. The van der Waals surface area contributed by atoms with Gasteiger partial charge in [0.15, 0.2) is 0 Å². The van der Waals surface area contributed by atoms with Crippen molar-refractivity contribution in [3.63, 3.8) is 0 Å². The van der Waals surface area contributed by atoms with Crippen molar-refractivity contribution >= 4 is 0 Å². The van der Waals surface area contributed by atoms with Crippen LogP contribution >= 0.6 is 0 Å². The first-order chi connectivity index (χ1) is 10.1. The summed E-state index contributed by atoms with van der Waals surface area (Å²) in [6.45, 7) is 5.87. The Labute approximate surface area is 127 Å². The van der Waals surface area contributed by atoms with Crippen LogP contribution in [0.2, 0.25) is 0 Å². The van der Waals surface area contributed by atoms with Gasteiger partial charge in [0.1, 0.15) is 5.82 Å². The fraction of sp³-hybridized carbons (Fsp3) is 0.667. The molecule has 2 nitrogen and oxygen atoms in total. The number of nitrogens with one attached hydrogen (secondary N) is 1. The molecule has 21 heavy (non-hydrogen) atoms.